The molecule has 0 fully saturated rings. The number of aromatic nitrogens is 2. The first-order chi connectivity index (χ1) is 10.3. The fourth-order valence-electron chi connectivity index (χ4n) is 2.11. The Morgan fingerprint density at radius 1 is 1.24 bits per heavy atom. The van der Waals surface area contributed by atoms with Crippen molar-refractivity contribution in [3.8, 4) is 6.07 Å². The summed E-state index contributed by atoms with van der Waals surface area (Å²) in [6, 6.07) is 12.1. The van der Waals surface area contributed by atoms with Crippen molar-refractivity contribution in [3.05, 3.63) is 54.0 Å². The normalized spacial score (nSPS) is 10.3. The molecule has 2 heterocycles. The first-order valence-electron chi connectivity index (χ1n) is 6.93. The van der Waals surface area contributed by atoms with Crippen molar-refractivity contribution in [2.45, 2.75) is 19.5 Å². The monoisotopic (exact) mass is 281 g/mol. The lowest BCUT2D eigenvalue weighted by molar-refractivity contribution is 0.259. The molecule has 0 aromatic carbocycles. The number of nitrogens with zero attached hydrogens (tertiary/aromatic N) is 4. The van der Waals surface area contributed by atoms with Crippen LogP contribution in [0.4, 0.5) is 5.82 Å². The SMILES string of the molecule is CNc1cccc(CN(CCC#N)Cc2cccnc2)n1. The van der Waals surface area contributed by atoms with E-state index >= 15 is 0 Å². The van der Waals surface area contributed by atoms with Gasteiger partial charge in [0.15, 0.2) is 0 Å². The van der Waals surface area contributed by atoms with Crippen LogP contribution in [0.3, 0.4) is 0 Å². The third kappa shape index (κ3) is 4.86. The van der Waals surface area contributed by atoms with Crippen LogP contribution >= 0.6 is 0 Å². The molecule has 0 saturated heterocycles. The summed E-state index contributed by atoms with van der Waals surface area (Å²) in [6.45, 7) is 2.20. The Hall–Kier alpha value is -2.45. The summed E-state index contributed by atoms with van der Waals surface area (Å²) >= 11 is 0. The van der Waals surface area contributed by atoms with Crippen LogP contribution in [0.25, 0.3) is 0 Å². The van der Waals surface area contributed by atoms with Crippen LogP contribution in [-0.4, -0.2) is 28.5 Å². The van der Waals surface area contributed by atoms with Crippen molar-refractivity contribution in [2.75, 3.05) is 18.9 Å². The lowest BCUT2D eigenvalue weighted by atomic mass is 10.2. The van der Waals surface area contributed by atoms with E-state index in [0.29, 0.717) is 13.0 Å². The number of hydrogen-bond donors (Lipinski definition) is 1. The van der Waals surface area contributed by atoms with Crippen molar-refractivity contribution in [3.63, 3.8) is 0 Å². The minimum atomic E-state index is 0.506. The second kappa shape index (κ2) is 7.98. The highest BCUT2D eigenvalue weighted by Gasteiger charge is 2.08. The molecule has 5 heteroatoms. The van der Waals surface area contributed by atoms with Gasteiger partial charge in [-0.25, -0.2) is 4.98 Å². The third-order valence-electron chi connectivity index (χ3n) is 3.12. The van der Waals surface area contributed by atoms with Crippen molar-refractivity contribution in [2.24, 2.45) is 0 Å². The molecule has 21 heavy (non-hydrogen) atoms. The summed E-state index contributed by atoms with van der Waals surface area (Å²) in [4.78, 5) is 10.9. The summed E-state index contributed by atoms with van der Waals surface area (Å²) < 4.78 is 0. The van der Waals surface area contributed by atoms with E-state index in [2.05, 4.69) is 26.3 Å². The van der Waals surface area contributed by atoms with E-state index in [1.165, 1.54) is 0 Å². The highest BCUT2D eigenvalue weighted by Crippen LogP contribution is 2.10. The molecule has 0 radical (unpaired) electrons. The molecule has 0 saturated carbocycles. The first kappa shape index (κ1) is 14.9. The van der Waals surface area contributed by atoms with Crippen molar-refractivity contribution in [1.82, 2.24) is 14.9 Å². The zero-order valence-corrected chi connectivity index (χ0v) is 12.2. The standard InChI is InChI=1S/C16H19N5/c1-18-16-7-2-6-15(20-16)13-21(10-4-8-17)12-14-5-3-9-19-11-14/h2-3,5-7,9,11H,4,10,12-13H2,1H3,(H,18,20). The zero-order chi connectivity index (χ0) is 14.9. The molecule has 2 aromatic heterocycles. The van der Waals surface area contributed by atoms with E-state index in [9.17, 15) is 0 Å². The van der Waals surface area contributed by atoms with E-state index in [-0.39, 0.29) is 0 Å². The Kier molecular flexibility index (Phi) is 5.68. The Bertz CT molecular complexity index is 591. The van der Waals surface area contributed by atoms with Crippen molar-refractivity contribution < 1.29 is 0 Å². The minimum absolute atomic E-state index is 0.506. The van der Waals surface area contributed by atoms with Crippen molar-refractivity contribution in [1.29, 1.82) is 5.26 Å². The quantitative estimate of drug-likeness (QED) is 0.844. The predicted molar refractivity (Wildman–Crippen MR) is 82.4 cm³/mol. The second-order valence-corrected chi connectivity index (χ2v) is 4.74. The van der Waals surface area contributed by atoms with Crippen LogP contribution in [-0.2, 0) is 13.1 Å². The van der Waals surface area contributed by atoms with E-state index in [4.69, 9.17) is 5.26 Å². The van der Waals surface area contributed by atoms with Crippen LogP contribution in [0.1, 0.15) is 17.7 Å². The van der Waals surface area contributed by atoms with Gasteiger partial charge in [-0.15, -0.1) is 0 Å². The number of rotatable bonds is 7. The molecule has 5 nitrogen and oxygen atoms in total. The fourth-order valence-corrected chi connectivity index (χ4v) is 2.11. The Labute approximate surface area is 125 Å². The second-order valence-electron chi connectivity index (χ2n) is 4.74. The lowest BCUT2D eigenvalue weighted by Crippen LogP contribution is -2.24. The smallest absolute Gasteiger partial charge is 0.126 e. The van der Waals surface area contributed by atoms with Gasteiger partial charge in [-0.05, 0) is 23.8 Å². The molecule has 1 N–H and O–H groups in total. The predicted octanol–water partition coefficient (Wildman–Crippen LogP) is 2.43. The van der Waals surface area contributed by atoms with Gasteiger partial charge in [0.25, 0.3) is 0 Å². The minimum Gasteiger partial charge on any atom is -0.373 e. The molecular weight excluding hydrogens is 262 g/mol. The van der Waals surface area contributed by atoms with Gasteiger partial charge in [0, 0.05) is 45.5 Å². The Morgan fingerprint density at radius 2 is 2.14 bits per heavy atom. The third-order valence-corrected chi connectivity index (χ3v) is 3.12. The molecule has 0 amide bonds. The van der Waals surface area contributed by atoms with Gasteiger partial charge in [-0.2, -0.15) is 5.26 Å². The number of nitriles is 1. The van der Waals surface area contributed by atoms with Gasteiger partial charge in [0.05, 0.1) is 11.8 Å². The van der Waals surface area contributed by atoms with Gasteiger partial charge in [0.2, 0.25) is 0 Å². The van der Waals surface area contributed by atoms with Crippen LogP contribution in [0.5, 0.6) is 0 Å². The highest BCUT2D eigenvalue weighted by atomic mass is 15.1. The maximum absolute atomic E-state index is 8.81. The molecule has 0 spiro atoms. The number of anilines is 1. The van der Waals surface area contributed by atoms with Crippen LogP contribution in [0, 0.1) is 11.3 Å². The Morgan fingerprint density at radius 3 is 2.86 bits per heavy atom. The molecule has 0 atom stereocenters. The highest BCUT2D eigenvalue weighted by molar-refractivity contribution is 5.34. The molecule has 2 rings (SSSR count). The van der Waals surface area contributed by atoms with E-state index < -0.39 is 0 Å². The molecule has 2 aromatic rings. The van der Waals surface area contributed by atoms with E-state index in [1.807, 2.05) is 43.6 Å². The molecule has 0 unspecified atom stereocenters. The number of pyridine rings is 2. The molecule has 0 aliphatic heterocycles. The van der Waals surface area contributed by atoms with Gasteiger partial charge in [-0.3, -0.25) is 9.88 Å². The average Bonchev–Trinajstić information content (AvgIpc) is 2.54. The molecule has 108 valence electrons. The average molecular weight is 281 g/mol. The van der Waals surface area contributed by atoms with Gasteiger partial charge >= 0.3 is 0 Å². The largest absolute Gasteiger partial charge is 0.373 e. The summed E-state index contributed by atoms with van der Waals surface area (Å²) in [5, 5.41) is 11.9. The van der Waals surface area contributed by atoms with Crippen molar-refractivity contribution >= 4 is 5.82 Å². The maximum Gasteiger partial charge on any atom is 0.126 e. The summed E-state index contributed by atoms with van der Waals surface area (Å²) in [6.07, 6.45) is 4.13. The maximum atomic E-state index is 8.81. The molecule has 0 bridgehead atoms. The van der Waals surface area contributed by atoms with Crippen LogP contribution in [0.15, 0.2) is 42.7 Å². The van der Waals surface area contributed by atoms with Gasteiger partial charge in [-0.1, -0.05) is 12.1 Å². The Balaban J connectivity index is 2.06. The lowest BCUT2D eigenvalue weighted by Gasteiger charge is -2.21. The van der Waals surface area contributed by atoms with Gasteiger partial charge < -0.3 is 5.32 Å². The van der Waals surface area contributed by atoms with Crippen LogP contribution in [0.2, 0.25) is 0 Å². The van der Waals surface area contributed by atoms with Crippen LogP contribution < -0.4 is 5.32 Å². The zero-order valence-electron chi connectivity index (χ0n) is 12.2. The molecular formula is C16H19N5. The fraction of sp³-hybridized carbons (Fsp3) is 0.312. The van der Waals surface area contributed by atoms with E-state index in [0.717, 1.165) is 30.2 Å². The molecule has 0 aliphatic rings. The number of nitrogens with one attached hydrogen (secondary N) is 1. The summed E-state index contributed by atoms with van der Waals surface area (Å²) in [5.41, 5.74) is 2.13. The van der Waals surface area contributed by atoms with Gasteiger partial charge in [0.1, 0.15) is 5.82 Å². The topological polar surface area (TPSA) is 64.8 Å². The molecule has 0 aliphatic carbocycles. The summed E-state index contributed by atoms with van der Waals surface area (Å²) in [5.74, 6) is 0.856. The number of hydrogen-bond acceptors (Lipinski definition) is 5. The van der Waals surface area contributed by atoms with E-state index in [1.54, 1.807) is 6.20 Å². The summed E-state index contributed by atoms with van der Waals surface area (Å²) in [7, 11) is 1.86. The first-order valence-corrected chi connectivity index (χ1v) is 6.93.